The van der Waals surface area contributed by atoms with Crippen LogP contribution in [0.1, 0.15) is 23.8 Å². The minimum atomic E-state index is -0.223. The van der Waals surface area contributed by atoms with Crippen molar-refractivity contribution >= 4 is 34.1 Å². The van der Waals surface area contributed by atoms with E-state index in [2.05, 4.69) is 19.9 Å². The summed E-state index contributed by atoms with van der Waals surface area (Å²) in [7, 11) is 1.57. The van der Waals surface area contributed by atoms with Gasteiger partial charge in [0.15, 0.2) is 11.2 Å². The van der Waals surface area contributed by atoms with E-state index in [4.69, 9.17) is 16.3 Å². The largest absolute Gasteiger partial charge is 0.479 e. The normalized spacial score (nSPS) is 12.7. The molecule has 0 amide bonds. The van der Waals surface area contributed by atoms with E-state index in [1.165, 1.54) is 6.33 Å². The molecule has 110 valence electrons. The molecule has 0 saturated heterocycles. The third-order valence-electron chi connectivity index (χ3n) is 3.15. The summed E-state index contributed by atoms with van der Waals surface area (Å²) in [6.45, 7) is 2.61. The van der Waals surface area contributed by atoms with Crippen molar-refractivity contribution in [1.29, 1.82) is 0 Å². The van der Waals surface area contributed by atoms with Gasteiger partial charge < -0.3 is 9.30 Å². The maximum Gasteiger partial charge on any atom is 0.245 e. The number of aryl methyl sites for hydroxylation is 2. The van der Waals surface area contributed by atoms with Gasteiger partial charge in [0.1, 0.15) is 12.2 Å². The number of thiazole rings is 1. The standard InChI is InChI=1S/C13H14ClN5OS/c1-8(14)11-18-10-12(15-6-16-13(10)20-2)19(11)4-3-9-5-21-7-17-9/h5-8H,3-4H2,1-2H3. The average Bonchev–Trinajstić information content (AvgIpc) is 3.11. The third-order valence-corrected chi connectivity index (χ3v) is 3.98. The number of rotatable bonds is 5. The minimum Gasteiger partial charge on any atom is -0.479 e. The number of fused-ring (bicyclic) bond motifs is 1. The molecule has 3 aromatic heterocycles. The number of halogens is 1. The van der Waals surface area contributed by atoms with Gasteiger partial charge in [0.05, 0.1) is 23.7 Å². The summed E-state index contributed by atoms with van der Waals surface area (Å²) in [5.41, 5.74) is 4.26. The van der Waals surface area contributed by atoms with Crippen LogP contribution >= 0.6 is 22.9 Å². The van der Waals surface area contributed by atoms with E-state index in [0.29, 0.717) is 17.9 Å². The van der Waals surface area contributed by atoms with Crippen molar-refractivity contribution in [2.75, 3.05) is 7.11 Å². The Bertz CT molecular complexity index is 740. The molecule has 0 radical (unpaired) electrons. The summed E-state index contributed by atoms with van der Waals surface area (Å²) >= 11 is 7.84. The molecule has 3 aromatic rings. The summed E-state index contributed by atoms with van der Waals surface area (Å²) in [5.74, 6) is 1.23. The Balaban J connectivity index is 2.03. The molecule has 0 aliphatic heterocycles. The smallest absolute Gasteiger partial charge is 0.245 e. The molecule has 8 heteroatoms. The lowest BCUT2D eigenvalue weighted by molar-refractivity contribution is 0.401. The molecule has 0 fully saturated rings. The molecular formula is C13H14ClN5OS. The fourth-order valence-electron chi connectivity index (χ4n) is 2.19. The van der Waals surface area contributed by atoms with Crippen LogP contribution in [0.2, 0.25) is 0 Å². The van der Waals surface area contributed by atoms with Gasteiger partial charge in [0.25, 0.3) is 0 Å². The van der Waals surface area contributed by atoms with Gasteiger partial charge in [-0.05, 0) is 6.92 Å². The van der Waals surface area contributed by atoms with Crippen molar-refractivity contribution in [3.05, 3.63) is 28.7 Å². The second kappa shape index (κ2) is 5.95. The Labute approximate surface area is 130 Å². The van der Waals surface area contributed by atoms with Gasteiger partial charge >= 0.3 is 0 Å². The number of hydrogen-bond donors (Lipinski definition) is 0. The predicted molar refractivity (Wildman–Crippen MR) is 82.0 cm³/mol. The average molecular weight is 324 g/mol. The van der Waals surface area contributed by atoms with Crippen molar-refractivity contribution in [2.24, 2.45) is 0 Å². The van der Waals surface area contributed by atoms with Crippen LogP contribution in [-0.4, -0.2) is 31.6 Å². The zero-order valence-electron chi connectivity index (χ0n) is 11.7. The Morgan fingerprint density at radius 1 is 1.38 bits per heavy atom. The molecule has 1 atom stereocenters. The van der Waals surface area contributed by atoms with Gasteiger partial charge in [-0.15, -0.1) is 22.9 Å². The highest BCUT2D eigenvalue weighted by Gasteiger charge is 2.19. The molecule has 6 nitrogen and oxygen atoms in total. The van der Waals surface area contributed by atoms with Crippen LogP contribution < -0.4 is 4.74 Å². The third kappa shape index (κ3) is 2.71. The lowest BCUT2D eigenvalue weighted by Crippen LogP contribution is -2.07. The molecule has 0 bridgehead atoms. The number of imidazole rings is 1. The van der Waals surface area contributed by atoms with Crippen LogP contribution in [0, 0.1) is 0 Å². The van der Waals surface area contributed by atoms with Crippen molar-refractivity contribution in [3.63, 3.8) is 0 Å². The highest BCUT2D eigenvalue weighted by Crippen LogP contribution is 2.27. The fraction of sp³-hybridized carbons (Fsp3) is 0.385. The highest BCUT2D eigenvalue weighted by atomic mass is 35.5. The van der Waals surface area contributed by atoms with Crippen LogP contribution in [0.4, 0.5) is 0 Å². The number of ether oxygens (including phenoxy) is 1. The van der Waals surface area contributed by atoms with Gasteiger partial charge in [-0.3, -0.25) is 0 Å². The van der Waals surface area contributed by atoms with Gasteiger partial charge in [-0.25, -0.2) is 15.0 Å². The van der Waals surface area contributed by atoms with E-state index in [9.17, 15) is 0 Å². The first-order valence-corrected chi connectivity index (χ1v) is 7.85. The summed E-state index contributed by atoms with van der Waals surface area (Å²) in [6, 6.07) is 0. The number of aromatic nitrogens is 5. The molecule has 1 unspecified atom stereocenters. The molecular weight excluding hydrogens is 310 g/mol. The Morgan fingerprint density at radius 3 is 2.90 bits per heavy atom. The number of nitrogens with zero attached hydrogens (tertiary/aromatic N) is 5. The van der Waals surface area contributed by atoms with Crippen LogP contribution in [0.15, 0.2) is 17.2 Å². The Kier molecular flexibility index (Phi) is 4.03. The number of hydrogen-bond acceptors (Lipinski definition) is 6. The van der Waals surface area contributed by atoms with E-state index in [0.717, 1.165) is 23.6 Å². The van der Waals surface area contributed by atoms with Crippen LogP contribution in [-0.2, 0) is 13.0 Å². The van der Waals surface area contributed by atoms with E-state index in [1.807, 2.05) is 22.4 Å². The first-order valence-electron chi connectivity index (χ1n) is 6.47. The lowest BCUT2D eigenvalue weighted by Gasteiger charge is -2.08. The summed E-state index contributed by atoms with van der Waals surface area (Å²) in [4.78, 5) is 17.3. The molecule has 0 N–H and O–H groups in total. The molecule has 3 rings (SSSR count). The Morgan fingerprint density at radius 2 is 2.24 bits per heavy atom. The summed E-state index contributed by atoms with van der Waals surface area (Å²) in [6.07, 6.45) is 2.28. The molecule has 0 spiro atoms. The van der Waals surface area contributed by atoms with E-state index >= 15 is 0 Å². The van der Waals surface area contributed by atoms with Crippen molar-refractivity contribution < 1.29 is 4.74 Å². The van der Waals surface area contributed by atoms with Gasteiger partial charge in [0, 0.05) is 18.3 Å². The zero-order valence-corrected chi connectivity index (χ0v) is 13.2. The first kappa shape index (κ1) is 14.2. The van der Waals surface area contributed by atoms with Crippen LogP contribution in [0.3, 0.4) is 0 Å². The maximum absolute atomic E-state index is 6.25. The molecule has 0 aliphatic rings. The zero-order chi connectivity index (χ0) is 14.8. The predicted octanol–water partition coefficient (Wildman–Crippen LogP) is 2.83. The molecule has 3 heterocycles. The summed E-state index contributed by atoms with van der Waals surface area (Å²) < 4.78 is 7.26. The number of methoxy groups -OCH3 is 1. The lowest BCUT2D eigenvalue weighted by atomic mass is 10.3. The second-order valence-corrected chi connectivity index (χ2v) is 5.90. The second-order valence-electron chi connectivity index (χ2n) is 4.52. The highest BCUT2D eigenvalue weighted by molar-refractivity contribution is 7.07. The van der Waals surface area contributed by atoms with Gasteiger partial charge in [-0.1, -0.05) is 0 Å². The minimum absolute atomic E-state index is 0.223. The van der Waals surface area contributed by atoms with Gasteiger partial charge in [0.2, 0.25) is 5.88 Å². The molecule has 21 heavy (non-hydrogen) atoms. The van der Waals surface area contributed by atoms with Crippen LogP contribution in [0.5, 0.6) is 5.88 Å². The van der Waals surface area contributed by atoms with Crippen molar-refractivity contribution in [2.45, 2.75) is 25.3 Å². The monoisotopic (exact) mass is 323 g/mol. The number of alkyl halides is 1. The van der Waals surface area contributed by atoms with E-state index in [-0.39, 0.29) is 5.38 Å². The maximum atomic E-state index is 6.25. The van der Waals surface area contributed by atoms with Crippen molar-refractivity contribution in [1.82, 2.24) is 24.5 Å². The molecule has 0 saturated carbocycles. The Hall–Kier alpha value is -1.73. The van der Waals surface area contributed by atoms with E-state index in [1.54, 1.807) is 18.4 Å². The SMILES string of the molecule is COc1ncnc2c1nc(C(C)Cl)n2CCc1cscn1. The van der Waals surface area contributed by atoms with Gasteiger partial charge in [-0.2, -0.15) is 4.98 Å². The van der Waals surface area contributed by atoms with Crippen molar-refractivity contribution in [3.8, 4) is 5.88 Å². The van der Waals surface area contributed by atoms with Crippen LogP contribution in [0.25, 0.3) is 11.2 Å². The molecule has 0 aliphatic carbocycles. The fourth-order valence-corrected chi connectivity index (χ4v) is 2.95. The first-order chi connectivity index (χ1) is 10.2. The molecule has 0 aromatic carbocycles. The van der Waals surface area contributed by atoms with E-state index < -0.39 is 0 Å². The topological polar surface area (TPSA) is 65.7 Å². The summed E-state index contributed by atoms with van der Waals surface area (Å²) in [5, 5.41) is 1.82. The quantitative estimate of drug-likeness (QED) is 0.675.